The highest BCUT2D eigenvalue weighted by Gasteiger charge is 2.13. The number of unbranched alkanes of at least 4 members (excludes halogenated alkanes) is 2. The zero-order valence-corrected chi connectivity index (χ0v) is 9.83. The number of rotatable bonds is 6. The van der Waals surface area contributed by atoms with Crippen molar-refractivity contribution in [2.24, 2.45) is 0 Å². The van der Waals surface area contributed by atoms with Gasteiger partial charge < -0.3 is 14.2 Å². The molecule has 0 atom stereocenters. The van der Waals surface area contributed by atoms with E-state index in [4.69, 9.17) is 25.8 Å². The zero-order valence-electron chi connectivity index (χ0n) is 9.08. The van der Waals surface area contributed by atoms with Gasteiger partial charge in [0.15, 0.2) is 11.5 Å². The van der Waals surface area contributed by atoms with E-state index in [0.717, 1.165) is 49.0 Å². The minimum atomic E-state index is 0.300. The third-order valence-corrected chi connectivity index (χ3v) is 2.66. The van der Waals surface area contributed by atoms with Crippen LogP contribution in [0.3, 0.4) is 0 Å². The van der Waals surface area contributed by atoms with Crippen LogP contribution in [-0.2, 0) is 0 Å². The smallest absolute Gasteiger partial charge is 0.231 e. The van der Waals surface area contributed by atoms with E-state index in [1.807, 2.05) is 18.2 Å². The zero-order chi connectivity index (χ0) is 11.2. The second kappa shape index (κ2) is 5.85. The number of benzene rings is 1. The maximum Gasteiger partial charge on any atom is 0.231 e. The minimum Gasteiger partial charge on any atom is -0.493 e. The van der Waals surface area contributed by atoms with Crippen LogP contribution in [0.15, 0.2) is 18.2 Å². The molecule has 88 valence electrons. The highest BCUT2D eigenvalue weighted by atomic mass is 35.5. The normalized spacial score (nSPS) is 12.8. The molecule has 0 unspecified atom stereocenters. The van der Waals surface area contributed by atoms with Crippen molar-refractivity contribution >= 4 is 11.6 Å². The Hall–Kier alpha value is -1.09. The molecule has 1 aromatic rings. The Morgan fingerprint density at radius 3 is 2.88 bits per heavy atom. The van der Waals surface area contributed by atoms with Crippen LogP contribution < -0.4 is 14.2 Å². The van der Waals surface area contributed by atoms with Crippen molar-refractivity contribution < 1.29 is 14.2 Å². The predicted molar refractivity (Wildman–Crippen MR) is 62.6 cm³/mol. The van der Waals surface area contributed by atoms with Gasteiger partial charge in [-0.2, -0.15) is 0 Å². The van der Waals surface area contributed by atoms with Gasteiger partial charge in [0.2, 0.25) is 6.79 Å². The van der Waals surface area contributed by atoms with Crippen molar-refractivity contribution in [1.29, 1.82) is 0 Å². The molecule has 0 radical (unpaired) electrons. The molecule has 1 heterocycles. The van der Waals surface area contributed by atoms with Crippen LogP contribution in [0.25, 0.3) is 0 Å². The third kappa shape index (κ3) is 2.95. The summed E-state index contributed by atoms with van der Waals surface area (Å²) in [5.41, 5.74) is 0. The maximum absolute atomic E-state index is 5.60. The van der Waals surface area contributed by atoms with Crippen LogP contribution in [0.2, 0.25) is 0 Å². The molecule has 0 bridgehead atoms. The Balaban J connectivity index is 1.77. The molecular formula is C12H15ClO3. The molecule has 3 nitrogen and oxygen atoms in total. The van der Waals surface area contributed by atoms with Crippen LogP contribution in [0.1, 0.15) is 19.3 Å². The molecule has 1 aliphatic heterocycles. The summed E-state index contributed by atoms with van der Waals surface area (Å²) < 4.78 is 16.1. The summed E-state index contributed by atoms with van der Waals surface area (Å²) in [6.07, 6.45) is 3.18. The van der Waals surface area contributed by atoms with Gasteiger partial charge in [-0.05, 0) is 31.4 Å². The molecule has 4 heteroatoms. The van der Waals surface area contributed by atoms with E-state index >= 15 is 0 Å². The summed E-state index contributed by atoms with van der Waals surface area (Å²) >= 11 is 5.59. The van der Waals surface area contributed by atoms with Crippen molar-refractivity contribution in [1.82, 2.24) is 0 Å². The number of ether oxygens (including phenoxy) is 3. The first kappa shape index (κ1) is 11.4. The van der Waals surface area contributed by atoms with Crippen molar-refractivity contribution in [3.8, 4) is 17.2 Å². The van der Waals surface area contributed by atoms with Gasteiger partial charge in [0.1, 0.15) is 5.75 Å². The molecule has 0 N–H and O–H groups in total. The standard InChI is InChI=1S/C12H15ClO3/c13-6-2-1-3-7-14-10-4-5-11-12(8-10)16-9-15-11/h4-5,8H,1-3,6-7,9H2. The van der Waals surface area contributed by atoms with Crippen molar-refractivity contribution in [2.45, 2.75) is 19.3 Å². The fourth-order valence-electron chi connectivity index (χ4n) is 1.53. The second-order valence-corrected chi connectivity index (χ2v) is 3.99. The van der Waals surface area contributed by atoms with Gasteiger partial charge in [-0.3, -0.25) is 0 Å². The Bertz CT molecular complexity index is 341. The van der Waals surface area contributed by atoms with Crippen molar-refractivity contribution in [3.05, 3.63) is 18.2 Å². The van der Waals surface area contributed by atoms with Crippen molar-refractivity contribution in [3.63, 3.8) is 0 Å². The molecule has 0 aromatic heterocycles. The first-order valence-electron chi connectivity index (χ1n) is 5.48. The van der Waals surface area contributed by atoms with Gasteiger partial charge in [-0.1, -0.05) is 0 Å². The molecule has 2 rings (SSSR count). The number of hydrogen-bond donors (Lipinski definition) is 0. The van der Waals surface area contributed by atoms with E-state index in [-0.39, 0.29) is 0 Å². The van der Waals surface area contributed by atoms with E-state index < -0.39 is 0 Å². The minimum absolute atomic E-state index is 0.300. The average Bonchev–Trinajstić information content (AvgIpc) is 2.76. The van der Waals surface area contributed by atoms with E-state index in [1.54, 1.807) is 0 Å². The van der Waals surface area contributed by atoms with Crippen molar-refractivity contribution in [2.75, 3.05) is 19.3 Å². The number of halogens is 1. The summed E-state index contributed by atoms with van der Waals surface area (Å²) in [6, 6.07) is 5.63. The van der Waals surface area contributed by atoms with E-state index in [0.29, 0.717) is 6.79 Å². The van der Waals surface area contributed by atoms with Crippen LogP contribution in [0, 0.1) is 0 Å². The molecule has 0 saturated heterocycles. The third-order valence-electron chi connectivity index (χ3n) is 2.39. The van der Waals surface area contributed by atoms with E-state index in [9.17, 15) is 0 Å². The first-order valence-corrected chi connectivity index (χ1v) is 6.02. The van der Waals surface area contributed by atoms with Gasteiger partial charge >= 0.3 is 0 Å². The van der Waals surface area contributed by atoms with Crippen LogP contribution >= 0.6 is 11.6 Å². The first-order chi connectivity index (χ1) is 7.90. The number of alkyl halides is 1. The molecule has 0 spiro atoms. The molecule has 1 aliphatic rings. The van der Waals surface area contributed by atoms with Crippen LogP contribution in [0.4, 0.5) is 0 Å². The summed E-state index contributed by atoms with van der Waals surface area (Å²) in [4.78, 5) is 0. The topological polar surface area (TPSA) is 27.7 Å². The Morgan fingerprint density at radius 2 is 2.00 bits per heavy atom. The van der Waals surface area contributed by atoms with Gasteiger partial charge in [0, 0.05) is 11.9 Å². The lowest BCUT2D eigenvalue weighted by atomic mass is 10.2. The van der Waals surface area contributed by atoms with Gasteiger partial charge in [-0.25, -0.2) is 0 Å². The molecular weight excluding hydrogens is 228 g/mol. The fraction of sp³-hybridized carbons (Fsp3) is 0.500. The number of fused-ring (bicyclic) bond motifs is 1. The summed E-state index contributed by atoms with van der Waals surface area (Å²) in [5, 5.41) is 0. The molecule has 1 aromatic carbocycles. The lowest BCUT2D eigenvalue weighted by Gasteiger charge is -2.06. The highest BCUT2D eigenvalue weighted by Crippen LogP contribution is 2.35. The maximum atomic E-state index is 5.60. The molecule has 0 saturated carbocycles. The average molecular weight is 243 g/mol. The Morgan fingerprint density at radius 1 is 1.12 bits per heavy atom. The van der Waals surface area contributed by atoms with E-state index in [2.05, 4.69) is 0 Å². The van der Waals surface area contributed by atoms with Crippen LogP contribution in [0.5, 0.6) is 17.2 Å². The molecule has 0 fully saturated rings. The Labute approximate surface area is 100 Å². The molecule has 0 aliphatic carbocycles. The molecule has 16 heavy (non-hydrogen) atoms. The number of hydrogen-bond acceptors (Lipinski definition) is 3. The predicted octanol–water partition coefficient (Wildman–Crippen LogP) is 3.20. The SMILES string of the molecule is ClCCCCCOc1ccc2c(c1)OCO2. The monoisotopic (exact) mass is 242 g/mol. The summed E-state index contributed by atoms with van der Waals surface area (Å²) in [5.74, 6) is 3.10. The molecule has 0 amide bonds. The van der Waals surface area contributed by atoms with Gasteiger partial charge in [-0.15, -0.1) is 11.6 Å². The quantitative estimate of drug-likeness (QED) is 0.566. The lowest BCUT2D eigenvalue weighted by molar-refractivity contribution is 0.173. The Kier molecular flexibility index (Phi) is 4.17. The van der Waals surface area contributed by atoms with Crippen LogP contribution in [-0.4, -0.2) is 19.3 Å². The second-order valence-electron chi connectivity index (χ2n) is 3.61. The highest BCUT2D eigenvalue weighted by molar-refractivity contribution is 6.17. The van der Waals surface area contributed by atoms with Gasteiger partial charge in [0.25, 0.3) is 0 Å². The lowest BCUT2D eigenvalue weighted by Crippen LogP contribution is -1.97. The van der Waals surface area contributed by atoms with Gasteiger partial charge in [0.05, 0.1) is 6.61 Å². The largest absolute Gasteiger partial charge is 0.493 e. The summed E-state index contributed by atoms with van der Waals surface area (Å²) in [7, 11) is 0. The summed E-state index contributed by atoms with van der Waals surface area (Å²) in [6.45, 7) is 1.02. The van der Waals surface area contributed by atoms with E-state index in [1.165, 1.54) is 0 Å². The fourth-order valence-corrected chi connectivity index (χ4v) is 1.72.